The Morgan fingerprint density at radius 3 is 2.53 bits per heavy atom. The van der Waals surface area contributed by atoms with Gasteiger partial charge in [-0.15, -0.1) is 5.10 Å². The normalized spacial score (nSPS) is 10.2. The van der Waals surface area contributed by atoms with Crippen LogP contribution < -0.4 is 16.2 Å². The van der Waals surface area contributed by atoms with Gasteiger partial charge in [0.1, 0.15) is 5.75 Å². The Balaban J connectivity index is 2.64. The first kappa shape index (κ1) is 11.0. The van der Waals surface area contributed by atoms with Crippen LogP contribution in [0.3, 0.4) is 0 Å². The molecule has 0 aliphatic carbocycles. The maximum atomic E-state index is 5.29. The van der Waals surface area contributed by atoms with E-state index >= 15 is 0 Å². The number of ether oxygens (including phenoxy) is 1. The van der Waals surface area contributed by atoms with Gasteiger partial charge in [-0.25, -0.2) is 0 Å². The van der Waals surface area contributed by atoms with Gasteiger partial charge in [0.05, 0.1) is 12.8 Å². The van der Waals surface area contributed by atoms with E-state index in [2.05, 4.69) is 10.2 Å². The van der Waals surface area contributed by atoms with Crippen molar-refractivity contribution >= 4 is 12.2 Å². The van der Waals surface area contributed by atoms with Crippen molar-refractivity contribution in [3.8, 4) is 5.75 Å². The van der Waals surface area contributed by atoms with E-state index in [0.717, 1.165) is 11.3 Å². The zero-order valence-corrected chi connectivity index (χ0v) is 8.55. The predicted octanol–water partition coefficient (Wildman–Crippen LogP) is 0.693. The summed E-state index contributed by atoms with van der Waals surface area (Å²) < 4.78 is 5.29. The van der Waals surface area contributed by atoms with Crippen LogP contribution in [-0.2, 0) is 0 Å². The molecule has 0 bridgehead atoms. The second kappa shape index (κ2) is 5.64. The quantitative estimate of drug-likeness (QED) is 0.432. The highest BCUT2D eigenvalue weighted by molar-refractivity contribution is 5.81. The Kier molecular flexibility index (Phi) is 4.15. The molecule has 5 heteroatoms. The Bertz CT molecular complexity index is 352. The fourth-order valence-corrected chi connectivity index (χ4v) is 0.979. The van der Waals surface area contributed by atoms with Crippen LogP contribution in [0.2, 0.25) is 0 Å². The standard InChI is InChI=1S/C10H14N4O/c1-2-15-9-5-3-8(4-6-9)7-13-14-10(11)12/h3-7H,2H2,1H3,(H4,11,12,14)/b13-7-. The fourth-order valence-electron chi connectivity index (χ4n) is 0.979. The van der Waals surface area contributed by atoms with E-state index in [1.54, 1.807) is 6.21 Å². The molecule has 0 saturated heterocycles. The van der Waals surface area contributed by atoms with Crippen LogP contribution in [0.1, 0.15) is 12.5 Å². The number of hydrogen-bond donors (Lipinski definition) is 2. The van der Waals surface area contributed by atoms with Crippen molar-refractivity contribution in [3.63, 3.8) is 0 Å². The Morgan fingerprint density at radius 1 is 1.33 bits per heavy atom. The van der Waals surface area contributed by atoms with Gasteiger partial charge in [0, 0.05) is 0 Å². The molecule has 0 unspecified atom stereocenters. The highest BCUT2D eigenvalue weighted by Gasteiger charge is 1.91. The molecule has 0 amide bonds. The van der Waals surface area contributed by atoms with Crippen molar-refractivity contribution in [3.05, 3.63) is 29.8 Å². The molecule has 0 aromatic heterocycles. The smallest absolute Gasteiger partial charge is 0.211 e. The lowest BCUT2D eigenvalue weighted by atomic mass is 10.2. The minimum absolute atomic E-state index is 0.0582. The molecule has 1 aromatic carbocycles. The van der Waals surface area contributed by atoms with Crippen LogP contribution in [0.5, 0.6) is 5.75 Å². The van der Waals surface area contributed by atoms with E-state index in [1.807, 2.05) is 31.2 Å². The second-order valence-corrected chi connectivity index (χ2v) is 2.77. The van der Waals surface area contributed by atoms with Crippen LogP contribution >= 0.6 is 0 Å². The number of benzene rings is 1. The maximum Gasteiger partial charge on any atom is 0.211 e. The van der Waals surface area contributed by atoms with Crippen LogP contribution in [0.4, 0.5) is 0 Å². The van der Waals surface area contributed by atoms with Crippen LogP contribution in [0.25, 0.3) is 0 Å². The molecule has 0 atom stereocenters. The Labute approximate surface area is 88.4 Å². The number of nitrogens with zero attached hydrogens (tertiary/aromatic N) is 2. The maximum absolute atomic E-state index is 5.29. The van der Waals surface area contributed by atoms with Gasteiger partial charge in [-0.3, -0.25) is 0 Å². The summed E-state index contributed by atoms with van der Waals surface area (Å²) in [6.45, 7) is 2.59. The number of hydrogen-bond acceptors (Lipinski definition) is 3. The molecule has 0 fully saturated rings. The molecule has 0 aliphatic heterocycles. The highest BCUT2D eigenvalue weighted by Crippen LogP contribution is 2.10. The Morgan fingerprint density at radius 2 is 2.00 bits per heavy atom. The predicted molar refractivity (Wildman–Crippen MR) is 61.0 cm³/mol. The van der Waals surface area contributed by atoms with Crippen molar-refractivity contribution in [2.75, 3.05) is 6.61 Å². The largest absolute Gasteiger partial charge is 0.494 e. The Hall–Kier alpha value is -2.04. The summed E-state index contributed by atoms with van der Waals surface area (Å²) in [5.41, 5.74) is 11.1. The zero-order chi connectivity index (χ0) is 11.1. The van der Waals surface area contributed by atoms with Gasteiger partial charge in [0.25, 0.3) is 0 Å². The van der Waals surface area contributed by atoms with Gasteiger partial charge < -0.3 is 16.2 Å². The van der Waals surface area contributed by atoms with E-state index in [-0.39, 0.29) is 5.96 Å². The first-order valence-electron chi connectivity index (χ1n) is 4.57. The van der Waals surface area contributed by atoms with Crippen molar-refractivity contribution in [2.24, 2.45) is 21.7 Å². The van der Waals surface area contributed by atoms with Crippen molar-refractivity contribution in [1.29, 1.82) is 0 Å². The molecule has 80 valence electrons. The third kappa shape index (κ3) is 4.12. The lowest BCUT2D eigenvalue weighted by Gasteiger charge is -2.01. The average molecular weight is 206 g/mol. The first-order valence-corrected chi connectivity index (χ1v) is 4.57. The van der Waals surface area contributed by atoms with Gasteiger partial charge in [-0.05, 0) is 36.8 Å². The molecule has 0 spiro atoms. The summed E-state index contributed by atoms with van der Waals surface area (Å²) in [6.07, 6.45) is 1.56. The first-order chi connectivity index (χ1) is 7.22. The molecule has 0 aliphatic rings. The molecule has 5 nitrogen and oxygen atoms in total. The van der Waals surface area contributed by atoms with Crippen LogP contribution in [0.15, 0.2) is 34.5 Å². The van der Waals surface area contributed by atoms with Gasteiger partial charge in [-0.1, -0.05) is 0 Å². The van der Waals surface area contributed by atoms with Crippen molar-refractivity contribution < 1.29 is 4.74 Å². The average Bonchev–Trinajstić information content (AvgIpc) is 2.20. The number of rotatable bonds is 4. The molecule has 1 rings (SSSR count). The van der Waals surface area contributed by atoms with Gasteiger partial charge in [0.15, 0.2) is 0 Å². The molecule has 0 heterocycles. The van der Waals surface area contributed by atoms with Gasteiger partial charge >= 0.3 is 0 Å². The zero-order valence-electron chi connectivity index (χ0n) is 8.55. The van der Waals surface area contributed by atoms with E-state index in [1.165, 1.54) is 0 Å². The summed E-state index contributed by atoms with van der Waals surface area (Å²) in [7, 11) is 0. The van der Waals surface area contributed by atoms with Crippen LogP contribution in [-0.4, -0.2) is 18.8 Å². The third-order valence-corrected chi connectivity index (χ3v) is 1.57. The van der Waals surface area contributed by atoms with E-state index in [9.17, 15) is 0 Å². The van der Waals surface area contributed by atoms with Crippen molar-refractivity contribution in [1.82, 2.24) is 0 Å². The molecular weight excluding hydrogens is 192 g/mol. The van der Waals surface area contributed by atoms with Crippen molar-refractivity contribution in [2.45, 2.75) is 6.92 Å². The topological polar surface area (TPSA) is 86.0 Å². The summed E-state index contributed by atoms with van der Waals surface area (Å²) in [5.74, 6) is 0.772. The summed E-state index contributed by atoms with van der Waals surface area (Å²) >= 11 is 0. The van der Waals surface area contributed by atoms with E-state index in [4.69, 9.17) is 16.2 Å². The summed E-state index contributed by atoms with van der Waals surface area (Å²) in [4.78, 5) is 0. The molecule has 15 heavy (non-hydrogen) atoms. The van der Waals surface area contributed by atoms with E-state index in [0.29, 0.717) is 6.61 Å². The lowest BCUT2D eigenvalue weighted by Crippen LogP contribution is -2.21. The van der Waals surface area contributed by atoms with Gasteiger partial charge in [-0.2, -0.15) is 5.10 Å². The fraction of sp³-hybridized carbons (Fsp3) is 0.200. The minimum atomic E-state index is -0.0582. The lowest BCUT2D eigenvalue weighted by molar-refractivity contribution is 0.340. The number of guanidine groups is 1. The monoisotopic (exact) mass is 206 g/mol. The van der Waals surface area contributed by atoms with Crippen LogP contribution in [0, 0.1) is 0 Å². The molecule has 4 N–H and O–H groups in total. The summed E-state index contributed by atoms with van der Waals surface area (Å²) in [5, 5.41) is 7.18. The molecular formula is C10H14N4O. The molecule has 0 saturated carbocycles. The summed E-state index contributed by atoms with van der Waals surface area (Å²) in [6, 6.07) is 7.47. The number of nitrogens with two attached hydrogens (primary N) is 2. The van der Waals surface area contributed by atoms with E-state index < -0.39 is 0 Å². The minimum Gasteiger partial charge on any atom is -0.494 e. The highest BCUT2D eigenvalue weighted by atomic mass is 16.5. The molecule has 1 aromatic rings. The second-order valence-electron chi connectivity index (χ2n) is 2.77. The van der Waals surface area contributed by atoms with Gasteiger partial charge in [0.2, 0.25) is 5.96 Å². The molecule has 0 radical (unpaired) electrons. The third-order valence-electron chi connectivity index (χ3n) is 1.57. The SMILES string of the molecule is CCOc1ccc(/C=N\N=C(N)N)cc1.